The molecule has 1 rings (SSSR count). The lowest BCUT2D eigenvalue weighted by Crippen LogP contribution is -2.42. The second-order valence-corrected chi connectivity index (χ2v) is 4.12. The molecular formula is C9H16O4. The molecule has 1 saturated heterocycles. The highest BCUT2D eigenvalue weighted by Gasteiger charge is 2.41. The van der Waals surface area contributed by atoms with Crippen LogP contribution in [0.3, 0.4) is 0 Å². The van der Waals surface area contributed by atoms with Gasteiger partial charge in [0.05, 0.1) is 6.61 Å². The van der Waals surface area contributed by atoms with Crippen LogP contribution in [0.5, 0.6) is 0 Å². The summed E-state index contributed by atoms with van der Waals surface area (Å²) < 4.78 is 5.17. The van der Waals surface area contributed by atoms with Gasteiger partial charge in [0.2, 0.25) is 0 Å². The predicted octanol–water partition coefficient (Wildman–Crippen LogP) is 0.495. The average molecular weight is 188 g/mol. The first-order chi connectivity index (χ1) is 5.96. The Kier molecular flexibility index (Phi) is 2.93. The second kappa shape index (κ2) is 3.64. The summed E-state index contributed by atoms with van der Waals surface area (Å²) in [4.78, 5) is 10.6. The summed E-state index contributed by atoms with van der Waals surface area (Å²) in [5.41, 5.74) is -0.609. The van der Waals surface area contributed by atoms with Gasteiger partial charge < -0.3 is 14.9 Å². The van der Waals surface area contributed by atoms with Gasteiger partial charge in [-0.15, -0.1) is 0 Å². The summed E-state index contributed by atoms with van der Waals surface area (Å²) in [5.74, 6) is -1.02. The summed E-state index contributed by atoms with van der Waals surface area (Å²) in [5, 5.41) is 18.1. The largest absolute Gasteiger partial charge is 0.479 e. The third-order valence-electron chi connectivity index (χ3n) is 2.92. The zero-order chi connectivity index (χ0) is 10.1. The van der Waals surface area contributed by atoms with E-state index in [1.807, 2.05) is 0 Å². The molecule has 2 atom stereocenters. The molecule has 0 aromatic rings. The maximum Gasteiger partial charge on any atom is 0.333 e. The van der Waals surface area contributed by atoms with E-state index in [2.05, 4.69) is 0 Å². The van der Waals surface area contributed by atoms with Gasteiger partial charge in [-0.25, -0.2) is 4.79 Å². The van der Waals surface area contributed by atoms with Gasteiger partial charge >= 0.3 is 5.97 Å². The van der Waals surface area contributed by atoms with Crippen molar-refractivity contribution in [3.05, 3.63) is 0 Å². The van der Waals surface area contributed by atoms with E-state index in [9.17, 15) is 9.90 Å². The Balaban J connectivity index is 2.67. The molecule has 1 heterocycles. The number of rotatable bonds is 3. The van der Waals surface area contributed by atoms with Crippen molar-refractivity contribution in [1.82, 2.24) is 0 Å². The van der Waals surface area contributed by atoms with Crippen LogP contribution in [-0.4, -0.2) is 35.5 Å². The van der Waals surface area contributed by atoms with Crippen molar-refractivity contribution in [2.45, 2.75) is 26.4 Å². The molecule has 0 aromatic carbocycles. The topological polar surface area (TPSA) is 66.8 Å². The average Bonchev–Trinajstić information content (AvgIpc) is 2.54. The third-order valence-corrected chi connectivity index (χ3v) is 2.92. The fourth-order valence-corrected chi connectivity index (χ4v) is 1.66. The Bertz CT molecular complexity index is 194. The third kappa shape index (κ3) is 2.00. The lowest BCUT2D eigenvalue weighted by atomic mass is 9.74. The number of ether oxygens (including phenoxy) is 1. The van der Waals surface area contributed by atoms with Gasteiger partial charge in [-0.2, -0.15) is 0 Å². The van der Waals surface area contributed by atoms with Crippen LogP contribution in [0, 0.1) is 11.3 Å². The molecule has 76 valence electrons. The Labute approximate surface area is 77.5 Å². The van der Waals surface area contributed by atoms with E-state index in [0.717, 1.165) is 6.42 Å². The molecule has 1 aliphatic rings. The Morgan fingerprint density at radius 2 is 2.23 bits per heavy atom. The molecule has 0 aliphatic carbocycles. The van der Waals surface area contributed by atoms with Crippen LogP contribution in [0.25, 0.3) is 0 Å². The van der Waals surface area contributed by atoms with Crippen LogP contribution >= 0.6 is 0 Å². The zero-order valence-electron chi connectivity index (χ0n) is 7.99. The van der Waals surface area contributed by atoms with Crippen molar-refractivity contribution in [3.8, 4) is 0 Å². The van der Waals surface area contributed by atoms with E-state index in [0.29, 0.717) is 13.2 Å². The molecular weight excluding hydrogens is 172 g/mol. The van der Waals surface area contributed by atoms with Gasteiger partial charge in [0.25, 0.3) is 0 Å². The van der Waals surface area contributed by atoms with Gasteiger partial charge in [-0.1, -0.05) is 13.8 Å². The fraction of sp³-hybridized carbons (Fsp3) is 0.889. The standard InChI is InChI=1S/C9H16O4/c1-9(2,7(10)8(11)12)6-3-4-13-5-6/h6-7,10H,3-5H2,1-2H3,(H,11,12). The molecule has 0 spiro atoms. The second-order valence-electron chi connectivity index (χ2n) is 4.12. The minimum absolute atomic E-state index is 0.138. The minimum atomic E-state index is -1.31. The fourth-order valence-electron chi connectivity index (χ4n) is 1.66. The monoisotopic (exact) mass is 188 g/mol. The number of carbonyl (C=O) groups is 1. The first-order valence-electron chi connectivity index (χ1n) is 4.45. The van der Waals surface area contributed by atoms with Crippen molar-refractivity contribution in [1.29, 1.82) is 0 Å². The molecule has 4 heteroatoms. The molecule has 0 amide bonds. The number of hydrogen-bond acceptors (Lipinski definition) is 3. The Morgan fingerprint density at radius 1 is 1.62 bits per heavy atom. The van der Waals surface area contributed by atoms with E-state index in [1.54, 1.807) is 13.8 Å². The van der Waals surface area contributed by atoms with Gasteiger partial charge in [0, 0.05) is 12.0 Å². The lowest BCUT2D eigenvalue weighted by molar-refractivity contribution is -0.155. The van der Waals surface area contributed by atoms with Crippen molar-refractivity contribution in [2.24, 2.45) is 11.3 Å². The summed E-state index contributed by atoms with van der Waals surface area (Å²) in [7, 11) is 0. The van der Waals surface area contributed by atoms with Crippen LogP contribution in [-0.2, 0) is 9.53 Å². The molecule has 4 nitrogen and oxygen atoms in total. The number of aliphatic hydroxyl groups is 1. The summed E-state index contributed by atoms with van der Waals surface area (Å²) >= 11 is 0. The highest BCUT2D eigenvalue weighted by Crippen LogP contribution is 2.36. The van der Waals surface area contributed by atoms with Gasteiger partial charge in [0.15, 0.2) is 6.10 Å². The normalized spacial score (nSPS) is 25.9. The maximum atomic E-state index is 10.6. The first kappa shape index (κ1) is 10.5. The van der Waals surface area contributed by atoms with E-state index in [-0.39, 0.29) is 5.92 Å². The van der Waals surface area contributed by atoms with Crippen molar-refractivity contribution in [3.63, 3.8) is 0 Å². The Morgan fingerprint density at radius 3 is 2.62 bits per heavy atom. The highest BCUT2D eigenvalue weighted by atomic mass is 16.5. The van der Waals surface area contributed by atoms with Crippen molar-refractivity contribution < 1.29 is 19.7 Å². The van der Waals surface area contributed by atoms with Crippen molar-refractivity contribution >= 4 is 5.97 Å². The lowest BCUT2D eigenvalue weighted by Gasteiger charge is -2.32. The molecule has 13 heavy (non-hydrogen) atoms. The summed E-state index contributed by atoms with van der Waals surface area (Å²) in [6.45, 7) is 4.76. The molecule has 0 bridgehead atoms. The smallest absolute Gasteiger partial charge is 0.333 e. The molecule has 0 saturated carbocycles. The number of aliphatic carboxylic acids is 1. The number of hydrogen-bond donors (Lipinski definition) is 2. The molecule has 2 unspecified atom stereocenters. The van der Waals surface area contributed by atoms with E-state index in [4.69, 9.17) is 9.84 Å². The van der Waals surface area contributed by atoms with E-state index in [1.165, 1.54) is 0 Å². The van der Waals surface area contributed by atoms with Gasteiger partial charge in [-0.05, 0) is 12.3 Å². The van der Waals surface area contributed by atoms with Crippen LogP contribution in [0.4, 0.5) is 0 Å². The molecule has 2 N–H and O–H groups in total. The van der Waals surface area contributed by atoms with Crippen LogP contribution in [0.15, 0.2) is 0 Å². The van der Waals surface area contributed by atoms with Gasteiger partial charge in [0.1, 0.15) is 0 Å². The molecule has 0 radical (unpaired) electrons. The number of carboxylic acid groups (broad SMARTS) is 1. The number of aliphatic hydroxyl groups excluding tert-OH is 1. The zero-order valence-corrected chi connectivity index (χ0v) is 7.99. The first-order valence-corrected chi connectivity index (χ1v) is 4.45. The predicted molar refractivity (Wildman–Crippen MR) is 46.3 cm³/mol. The minimum Gasteiger partial charge on any atom is -0.479 e. The van der Waals surface area contributed by atoms with Crippen LogP contribution in [0.1, 0.15) is 20.3 Å². The number of carboxylic acids is 1. The molecule has 1 aliphatic heterocycles. The molecule has 0 aromatic heterocycles. The maximum absolute atomic E-state index is 10.6. The summed E-state index contributed by atoms with van der Waals surface area (Å²) in [6.07, 6.45) is -0.476. The van der Waals surface area contributed by atoms with E-state index >= 15 is 0 Å². The quantitative estimate of drug-likeness (QED) is 0.676. The van der Waals surface area contributed by atoms with Crippen molar-refractivity contribution in [2.75, 3.05) is 13.2 Å². The summed E-state index contributed by atoms with van der Waals surface area (Å²) in [6, 6.07) is 0. The highest BCUT2D eigenvalue weighted by molar-refractivity contribution is 5.73. The SMILES string of the molecule is CC(C)(C1CCOC1)C(O)C(=O)O. The van der Waals surface area contributed by atoms with Crippen LogP contribution in [0.2, 0.25) is 0 Å². The van der Waals surface area contributed by atoms with E-state index < -0.39 is 17.5 Å². The van der Waals surface area contributed by atoms with Gasteiger partial charge in [-0.3, -0.25) is 0 Å². The van der Waals surface area contributed by atoms with Crippen LogP contribution < -0.4 is 0 Å². The Hall–Kier alpha value is -0.610. The molecule has 1 fully saturated rings.